The fraction of sp³-hybridized carbons (Fsp3) is 0.250. The maximum Gasteiger partial charge on any atom is 0.573 e. The Morgan fingerprint density at radius 1 is 1.15 bits per heavy atom. The van der Waals surface area contributed by atoms with Crippen molar-refractivity contribution in [1.29, 1.82) is 0 Å². The number of hydrogen-bond acceptors (Lipinski definition) is 6. The van der Waals surface area contributed by atoms with Gasteiger partial charge in [0.1, 0.15) is 16.5 Å². The van der Waals surface area contributed by atoms with Crippen molar-refractivity contribution in [2.75, 3.05) is 0 Å². The van der Waals surface area contributed by atoms with Gasteiger partial charge in [-0.25, -0.2) is 0 Å². The van der Waals surface area contributed by atoms with Gasteiger partial charge in [-0.05, 0) is 19.1 Å². The molecule has 1 aromatic carbocycles. The maximum atomic E-state index is 12.6. The van der Waals surface area contributed by atoms with Crippen LogP contribution in [0.2, 0.25) is 0 Å². The predicted molar refractivity (Wildman–Crippen MR) is 91.5 cm³/mol. The standard InChI is InChI=1S/C16H13F3N6OS/c1-9-7-11(24(2)22-9)14-20-21-15-25(14)23-13(27-15)8-10-5-3-4-6-12(10)26-16(17,18)19/h3-7H,8H2,1-2H3. The number of aryl methyl sites for hydroxylation is 2. The van der Waals surface area contributed by atoms with Crippen LogP contribution in [0.4, 0.5) is 13.2 Å². The number of rotatable bonds is 4. The highest BCUT2D eigenvalue weighted by Gasteiger charge is 2.32. The second-order valence-corrected chi connectivity index (χ2v) is 6.88. The number of alkyl halides is 3. The molecule has 0 fully saturated rings. The third kappa shape index (κ3) is 3.50. The molecule has 0 unspecified atom stereocenters. The third-order valence-electron chi connectivity index (χ3n) is 3.80. The van der Waals surface area contributed by atoms with Crippen LogP contribution in [-0.2, 0) is 13.5 Å². The molecule has 3 aromatic heterocycles. The zero-order valence-corrected chi connectivity index (χ0v) is 15.0. The van der Waals surface area contributed by atoms with E-state index in [-0.39, 0.29) is 12.2 Å². The molecule has 0 aliphatic carbocycles. The normalized spacial score (nSPS) is 12.0. The van der Waals surface area contributed by atoms with E-state index >= 15 is 0 Å². The molecule has 0 aliphatic heterocycles. The first-order chi connectivity index (χ1) is 12.8. The fourth-order valence-electron chi connectivity index (χ4n) is 2.74. The Labute approximate surface area is 155 Å². The number of benzene rings is 1. The lowest BCUT2D eigenvalue weighted by Crippen LogP contribution is -2.18. The second-order valence-electron chi connectivity index (χ2n) is 5.84. The summed E-state index contributed by atoms with van der Waals surface area (Å²) in [7, 11) is 1.79. The van der Waals surface area contributed by atoms with Crippen molar-refractivity contribution < 1.29 is 17.9 Å². The molecule has 0 bridgehead atoms. The first-order valence-electron chi connectivity index (χ1n) is 7.86. The Hall–Kier alpha value is -2.95. The van der Waals surface area contributed by atoms with Crippen LogP contribution in [0.1, 0.15) is 16.3 Å². The lowest BCUT2D eigenvalue weighted by Gasteiger charge is -2.12. The summed E-state index contributed by atoms with van der Waals surface area (Å²) in [6, 6.07) is 7.87. The molecule has 0 atom stereocenters. The number of fused-ring (bicyclic) bond motifs is 1. The minimum Gasteiger partial charge on any atom is -0.405 e. The van der Waals surface area contributed by atoms with Gasteiger partial charge in [-0.3, -0.25) is 4.68 Å². The van der Waals surface area contributed by atoms with E-state index in [1.165, 1.54) is 23.5 Å². The number of nitrogens with zero attached hydrogens (tertiary/aromatic N) is 6. The maximum absolute atomic E-state index is 12.6. The Morgan fingerprint density at radius 2 is 1.93 bits per heavy atom. The molecule has 0 N–H and O–H groups in total. The molecule has 0 spiro atoms. The molecule has 0 saturated carbocycles. The lowest BCUT2D eigenvalue weighted by molar-refractivity contribution is -0.274. The average molecular weight is 394 g/mol. The quantitative estimate of drug-likeness (QED) is 0.531. The van der Waals surface area contributed by atoms with Crippen molar-refractivity contribution in [2.45, 2.75) is 19.7 Å². The Morgan fingerprint density at radius 3 is 2.63 bits per heavy atom. The largest absolute Gasteiger partial charge is 0.573 e. The summed E-state index contributed by atoms with van der Waals surface area (Å²) in [5.74, 6) is 0.286. The van der Waals surface area contributed by atoms with Crippen LogP contribution < -0.4 is 4.74 Å². The predicted octanol–water partition coefficient (Wildman–Crippen LogP) is 3.38. The van der Waals surface area contributed by atoms with Crippen LogP contribution >= 0.6 is 11.3 Å². The van der Waals surface area contributed by atoms with Gasteiger partial charge in [0, 0.05) is 19.0 Å². The molecule has 140 valence electrons. The Bertz CT molecular complexity index is 1110. The van der Waals surface area contributed by atoms with Crippen molar-refractivity contribution in [2.24, 2.45) is 7.05 Å². The summed E-state index contributed by atoms with van der Waals surface area (Å²) in [4.78, 5) is 0.549. The first-order valence-corrected chi connectivity index (χ1v) is 8.67. The van der Waals surface area contributed by atoms with Gasteiger partial charge >= 0.3 is 6.36 Å². The number of halogens is 3. The monoisotopic (exact) mass is 394 g/mol. The topological polar surface area (TPSA) is 70.1 Å². The SMILES string of the molecule is Cc1cc(-c2nnc3sc(Cc4ccccc4OC(F)(F)F)nn23)n(C)n1. The van der Waals surface area contributed by atoms with E-state index in [4.69, 9.17) is 0 Å². The molecular formula is C16H13F3N6OS. The molecule has 4 rings (SSSR count). The van der Waals surface area contributed by atoms with Gasteiger partial charge in [-0.15, -0.1) is 23.4 Å². The highest BCUT2D eigenvalue weighted by molar-refractivity contribution is 7.16. The molecule has 0 radical (unpaired) electrons. The number of ether oxygens (including phenoxy) is 1. The highest BCUT2D eigenvalue weighted by atomic mass is 32.1. The van der Waals surface area contributed by atoms with Crippen molar-refractivity contribution in [3.8, 4) is 17.3 Å². The molecule has 0 saturated heterocycles. The van der Waals surface area contributed by atoms with E-state index in [9.17, 15) is 13.2 Å². The van der Waals surface area contributed by atoms with Gasteiger partial charge in [0.25, 0.3) is 0 Å². The van der Waals surface area contributed by atoms with Crippen molar-refractivity contribution in [3.63, 3.8) is 0 Å². The number of aromatic nitrogens is 6. The molecule has 3 heterocycles. The number of para-hydroxylation sites is 1. The van der Waals surface area contributed by atoms with Crippen LogP contribution in [0.3, 0.4) is 0 Å². The van der Waals surface area contributed by atoms with Crippen LogP contribution in [0.5, 0.6) is 5.75 Å². The molecule has 0 amide bonds. The lowest BCUT2D eigenvalue weighted by atomic mass is 10.1. The highest BCUT2D eigenvalue weighted by Crippen LogP contribution is 2.29. The minimum atomic E-state index is -4.75. The van der Waals surface area contributed by atoms with Crippen molar-refractivity contribution >= 4 is 16.3 Å². The van der Waals surface area contributed by atoms with E-state index in [1.807, 2.05) is 13.0 Å². The summed E-state index contributed by atoms with van der Waals surface area (Å²) in [5.41, 5.74) is 1.97. The molecule has 27 heavy (non-hydrogen) atoms. The third-order valence-corrected chi connectivity index (χ3v) is 4.70. The smallest absolute Gasteiger partial charge is 0.405 e. The number of hydrogen-bond donors (Lipinski definition) is 0. The van der Waals surface area contributed by atoms with Crippen molar-refractivity contribution in [1.82, 2.24) is 29.6 Å². The van der Waals surface area contributed by atoms with Gasteiger partial charge in [0.05, 0.1) is 5.69 Å². The van der Waals surface area contributed by atoms with Crippen LogP contribution in [0.15, 0.2) is 30.3 Å². The van der Waals surface area contributed by atoms with Crippen LogP contribution in [-0.4, -0.2) is 36.0 Å². The van der Waals surface area contributed by atoms with Gasteiger partial charge in [0.15, 0.2) is 0 Å². The summed E-state index contributed by atoms with van der Waals surface area (Å²) >= 11 is 1.26. The van der Waals surface area contributed by atoms with E-state index < -0.39 is 6.36 Å². The fourth-order valence-corrected chi connectivity index (χ4v) is 3.60. The molecular weight excluding hydrogens is 381 g/mol. The summed E-state index contributed by atoms with van der Waals surface area (Å²) < 4.78 is 45.1. The summed E-state index contributed by atoms with van der Waals surface area (Å²) in [6.07, 6.45) is -4.56. The van der Waals surface area contributed by atoms with Gasteiger partial charge in [0.2, 0.25) is 10.8 Å². The summed E-state index contributed by atoms with van der Waals surface area (Å²) in [5, 5.41) is 17.6. The van der Waals surface area contributed by atoms with Crippen molar-refractivity contribution in [3.05, 3.63) is 46.6 Å². The molecule has 7 nitrogen and oxygen atoms in total. The molecule has 11 heteroatoms. The van der Waals surface area contributed by atoms with Gasteiger partial charge in [-0.1, -0.05) is 29.5 Å². The van der Waals surface area contributed by atoms with Crippen LogP contribution in [0, 0.1) is 6.92 Å². The summed E-state index contributed by atoms with van der Waals surface area (Å²) in [6.45, 7) is 1.87. The van der Waals surface area contributed by atoms with Crippen LogP contribution in [0.25, 0.3) is 16.5 Å². The zero-order valence-electron chi connectivity index (χ0n) is 14.2. The molecule has 0 aliphatic rings. The van der Waals surface area contributed by atoms with E-state index in [2.05, 4.69) is 25.1 Å². The van der Waals surface area contributed by atoms with E-state index in [1.54, 1.807) is 28.4 Å². The first kappa shape index (κ1) is 17.5. The second kappa shape index (κ2) is 6.34. The zero-order chi connectivity index (χ0) is 19.2. The van der Waals surface area contributed by atoms with Gasteiger partial charge < -0.3 is 4.74 Å². The van der Waals surface area contributed by atoms with E-state index in [0.29, 0.717) is 21.4 Å². The van der Waals surface area contributed by atoms with E-state index in [0.717, 1.165) is 11.4 Å². The van der Waals surface area contributed by atoms with Gasteiger partial charge in [-0.2, -0.15) is 14.7 Å². The Kier molecular flexibility index (Phi) is 4.10. The Balaban J connectivity index is 1.68. The molecule has 4 aromatic rings. The average Bonchev–Trinajstić information content (AvgIpc) is 3.22. The minimum absolute atomic E-state index is 0.185.